The first-order valence-corrected chi connectivity index (χ1v) is 9.22. The Morgan fingerprint density at radius 2 is 1.75 bits per heavy atom. The average molecular weight is 457 g/mol. The average Bonchev–Trinajstić information content (AvgIpc) is 3.47. The number of benzene rings is 2. The molecule has 0 heterocycles. The molecule has 1 aliphatic carbocycles. The van der Waals surface area contributed by atoms with Crippen LogP contribution in [0.2, 0.25) is 0 Å². The van der Waals surface area contributed by atoms with Crippen LogP contribution in [0.15, 0.2) is 46.9 Å². The second kappa shape index (κ2) is 8.22. The molecular formula is C19H16BrF3N2O3. The molecule has 3 rings (SSSR count). The van der Waals surface area contributed by atoms with Gasteiger partial charge >= 0.3 is 6.18 Å². The van der Waals surface area contributed by atoms with E-state index in [4.69, 9.17) is 4.74 Å². The molecule has 0 spiro atoms. The van der Waals surface area contributed by atoms with Gasteiger partial charge in [0.05, 0.1) is 11.3 Å². The van der Waals surface area contributed by atoms with Crippen LogP contribution in [0.25, 0.3) is 0 Å². The summed E-state index contributed by atoms with van der Waals surface area (Å²) < 4.78 is 46.2. The second-order valence-electron chi connectivity index (χ2n) is 6.31. The molecule has 1 aliphatic rings. The molecule has 148 valence electrons. The summed E-state index contributed by atoms with van der Waals surface area (Å²) in [6.45, 7) is -0.445. The molecule has 0 aliphatic heterocycles. The van der Waals surface area contributed by atoms with Crippen LogP contribution in [-0.4, -0.2) is 18.4 Å². The van der Waals surface area contributed by atoms with Gasteiger partial charge in [0.1, 0.15) is 5.75 Å². The van der Waals surface area contributed by atoms with Gasteiger partial charge in [-0.15, -0.1) is 0 Å². The summed E-state index contributed by atoms with van der Waals surface area (Å²) in [5.74, 6) is -0.756. The van der Waals surface area contributed by atoms with E-state index in [9.17, 15) is 22.8 Å². The summed E-state index contributed by atoms with van der Waals surface area (Å²) in [7, 11) is 0. The van der Waals surface area contributed by atoms with Gasteiger partial charge in [0.25, 0.3) is 5.91 Å². The number of carbonyl (C=O) groups excluding carboxylic acids is 2. The van der Waals surface area contributed by atoms with Crippen LogP contribution in [0.4, 0.5) is 24.5 Å². The van der Waals surface area contributed by atoms with Gasteiger partial charge in [-0.2, -0.15) is 13.2 Å². The lowest BCUT2D eigenvalue weighted by Gasteiger charge is -2.16. The van der Waals surface area contributed by atoms with E-state index in [1.807, 2.05) is 0 Å². The molecule has 0 unspecified atom stereocenters. The number of rotatable bonds is 6. The van der Waals surface area contributed by atoms with Gasteiger partial charge in [-0.3, -0.25) is 9.59 Å². The number of amides is 2. The predicted octanol–water partition coefficient (Wildman–Crippen LogP) is 4.83. The van der Waals surface area contributed by atoms with Crippen LogP contribution < -0.4 is 15.4 Å². The smallest absolute Gasteiger partial charge is 0.418 e. The highest BCUT2D eigenvalue weighted by atomic mass is 79.9. The number of ether oxygens (including phenoxy) is 1. The fourth-order valence-electron chi connectivity index (χ4n) is 2.42. The Morgan fingerprint density at radius 1 is 1.07 bits per heavy atom. The van der Waals surface area contributed by atoms with E-state index in [0.717, 1.165) is 29.4 Å². The van der Waals surface area contributed by atoms with Crippen molar-refractivity contribution in [3.63, 3.8) is 0 Å². The largest absolute Gasteiger partial charge is 0.484 e. The van der Waals surface area contributed by atoms with Crippen LogP contribution >= 0.6 is 15.9 Å². The van der Waals surface area contributed by atoms with Crippen molar-refractivity contribution >= 4 is 39.1 Å². The minimum atomic E-state index is -4.70. The Kier molecular flexibility index (Phi) is 5.93. The molecule has 0 bridgehead atoms. The summed E-state index contributed by atoms with van der Waals surface area (Å²) in [6.07, 6.45) is -3.22. The van der Waals surface area contributed by atoms with Crippen molar-refractivity contribution in [1.82, 2.24) is 0 Å². The molecule has 0 saturated heterocycles. The number of hydrogen-bond acceptors (Lipinski definition) is 3. The van der Waals surface area contributed by atoms with Crippen molar-refractivity contribution in [2.45, 2.75) is 19.0 Å². The van der Waals surface area contributed by atoms with Crippen molar-refractivity contribution in [2.75, 3.05) is 17.2 Å². The zero-order valence-corrected chi connectivity index (χ0v) is 16.1. The van der Waals surface area contributed by atoms with Crippen LogP contribution in [0.5, 0.6) is 5.75 Å². The first-order valence-electron chi connectivity index (χ1n) is 8.43. The molecular weight excluding hydrogens is 441 g/mol. The molecule has 28 heavy (non-hydrogen) atoms. The minimum absolute atomic E-state index is 0.0355. The first kappa shape index (κ1) is 20.2. The standard InChI is InChI=1S/C19H16BrF3N2O3/c20-12-3-6-14(7-4-12)28-10-17(26)25-16-8-5-13(9-15(16)19(21,22)23)24-18(27)11-1-2-11/h3-9,11H,1-2,10H2,(H,24,27)(H,25,26). The normalized spacial score (nSPS) is 13.7. The second-order valence-corrected chi connectivity index (χ2v) is 7.23. The fourth-order valence-corrected chi connectivity index (χ4v) is 2.69. The van der Waals surface area contributed by atoms with Gasteiger partial charge in [0.2, 0.25) is 5.91 Å². The Bertz CT molecular complexity index is 881. The molecule has 0 atom stereocenters. The van der Waals surface area contributed by atoms with Gasteiger partial charge in [-0.05, 0) is 55.3 Å². The van der Waals surface area contributed by atoms with E-state index in [-0.39, 0.29) is 17.5 Å². The number of hydrogen-bond donors (Lipinski definition) is 2. The van der Waals surface area contributed by atoms with Gasteiger partial charge in [-0.25, -0.2) is 0 Å². The Balaban J connectivity index is 1.68. The van der Waals surface area contributed by atoms with E-state index < -0.39 is 29.9 Å². The maximum absolute atomic E-state index is 13.4. The lowest BCUT2D eigenvalue weighted by molar-refractivity contribution is -0.137. The molecule has 0 radical (unpaired) electrons. The monoisotopic (exact) mass is 456 g/mol. The number of halogens is 4. The molecule has 2 N–H and O–H groups in total. The van der Waals surface area contributed by atoms with E-state index in [1.54, 1.807) is 24.3 Å². The third-order valence-electron chi connectivity index (χ3n) is 4.00. The van der Waals surface area contributed by atoms with Crippen LogP contribution in [0, 0.1) is 5.92 Å². The number of alkyl halides is 3. The third kappa shape index (κ3) is 5.48. The van der Waals surface area contributed by atoms with E-state index >= 15 is 0 Å². The predicted molar refractivity (Wildman–Crippen MR) is 101 cm³/mol. The molecule has 2 aromatic rings. The van der Waals surface area contributed by atoms with Crippen molar-refractivity contribution in [2.24, 2.45) is 5.92 Å². The van der Waals surface area contributed by atoms with Gasteiger partial charge in [0, 0.05) is 16.1 Å². The van der Waals surface area contributed by atoms with Gasteiger partial charge in [0.15, 0.2) is 6.61 Å². The van der Waals surface area contributed by atoms with Gasteiger partial charge < -0.3 is 15.4 Å². The third-order valence-corrected chi connectivity index (χ3v) is 4.53. The molecule has 9 heteroatoms. The summed E-state index contributed by atoms with van der Waals surface area (Å²) in [6, 6.07) is 9.91. The maximum Gasteiger partial charge on any atom is 0.418 e. The van der Waals surface area contributed by atoms with Crippen LogP contribution in [-0.2, 0) is 15.8 Å². The molecule has 0 aromatic heterocycles. The molecule has 2 aromatic carbocycles. The van der Waals surface area contributed by atoms with Crippen LogP contribution in [0.3, 0.4) is 0 Å². The molecule has 5 nitrogen and oxygen atoms in total. The lowest BCUT2D eigenvalue weighted by Crippen LogP contribution is -2.22. The highest BCUT2D eigenvalue weighted by molar-refractivity contribution is 9.10. The van der Waals surface area contributed by atoms with E-state index in [1.165, 1.54) is 6.07 Å². The lowest BCUT2D eigenvalue weighted by atomic mass is 10.1. The quantitative estimate of drug-likeness (QED) is 0.653. The van der Waals surface area contributed by atoms with Gasteiger partial charge in [-0.1, -0.05) is 15.9 Å². The SMILES string of the molecule is O=C(COc1ccc(Br)cc1)Nc1ccc(NC(=O)C2CC2)cc1C(F)(F)F. The number of carbonyl (C=O) groups is 2. The van der Waals surface area contributed by atoms with E-state index in [2.05, 4.69) is 26.6 Å². The van der Waals surface area contributed by atoms with Crippen molar-refractivity contribution in [3.05, 3.63) is 52.5 Å². The highest BCUT2D eigenvalue weighted by Gasteiger charge is 2.35. The maximum atomic E-state index is 13.4. The summed E-state index contributed by atoms with van der Waals surface area (Å²) in [5, 5.41) is 4.68. The first-order chi connectivity index (χ1) is 13.2. The summed E-state index contributed by atoms with van der Waals surface area (Å²) in [4.78, 5) is 23.8. The molecule has 2 amide bonds. The van der Waals surface area contributed by atoms with Crippen LogP contribution in [0.1, 0.15) is 18.4 Å². The Labute approximate surface area is 167 Å². The zero-order chi connectivity index (χ0) is 20.3. The highest BCUT2D eigenvalue weighted by Crippen LogP contribution is 2.37. The summed E-state index contributed by atoms with van der Waals surface area (Å²) in [5.41, 5.74) is -1.41. The molecule has 1 fully saturated rings. The fraction of sp³-hybridized carbons (Fsp3) is 0.263. The number of nitrogens with one attached hydrogen (secondary N) is 2. The minimum Gasteiger partial charge on any atom is -0.484 e. The summed E-state index contributed by atoms with van der Waals surface area (Å²) >= 11 is 3.26. The van der Waals surface area contributed by atoms with Crippen molar-refractivity contribution in [1.29, 1.82) is 0 Å². The zero-order valence-electron chi connectivity index (χ0n) is 14.5. The molecule has 1 saturated carbocycles. The van der Waals surface area contributed by atoms with Crippen molar-refractivity contribution < 1.29 is 27.5 Å². The van der Waals surface area contributed by atoms with E-state index in [0.29, 0.717) is 5.75 Å². The van der Waals surface area contributed by atoms with Crippen molar-refractivity contribution in [3.8, 4) is 5.75 Å². The Morgan fingerprint density at radius 3 is 2.36 bits per heavy atom. The topological polar surface area (TPSA) is 67.4 Å². The Hall–Kier alpha value is -2.55. The number of anilines is 2.